The van der Waals surface area contributed by atoms with E-state index in [1.165, 1.54) is 26.3 Å². The summed E-state index contributed by atoms with van der Waals surface area (Å²) in [6, 6.07) is 31.6. The number of hydrogen-bond donors (Lipinski definition) is 2. The summed E-state index contributed by atoms with van der Waals surface area (Å²) in [7, 11) is 0. The van der Waals surface area contributed by atoms with Crippen molar-refractivity contribution < 1.29 is 19.8 Å². The Balaban J connectivity index is 1.56. The molecule has 6 rings (SSSR count). The maximum absolute atomic E-state index is 14.0. The van der Waals surface area contributed by atoms with E-state index in [0.29, 0.717) is 22.5 Å². The van der Waals surface area contributed by atoms with Gasteiger partial charge in [0.2, 0.25) is 0 Å². The zero-order chi connectivity index (χ0) is 38.8. The van der Waals surface area contributed by atoms with E-state index in [4.69, 9.17) is 9.98 Å². The molecule has 0 fully saturated rings. The van der Waals surface area contributed by atoms with Gasteiger partial charge in [0, 0.05) is 34.7 Å². The van der Waals surface area contributed by atoms with Gasteiger partial charge in [-0.3, -0.25) is 19.6 Å². The van der Waals surface area contributed by atoms with Gasteiger partial charge >= 0.3 is 0 Å². The Bertz CT molecular complexity index is 2400. The summed E-state index contributed by atoms with van der Waals surface area (Å²) in [5.74, 6) is -0.894. The maximum atomic E-state index is 14.0. The number of ketones is 2. The van der Waals surface area contributed by atoms with Crippen LogP contribution in [-0.2, 0) is 0 Å². The highest BCUT2D eigenvalue weighted by Gasteiger charge is 2.22. The third kappa shape index (κ3) is 7.28. The van der Waals surface area contributed by atoms with Crippen molar-refractivity contribution >= 4 is 56.9 Å². The van der Waals surface area contributed by atoms with Crippen LogP contribution in [0.1, 0.15) is 67.9 Å². The summed E-state index contributed by atoms with van der Waals surface area (Å²) < 4.78 is 0. The Kier molecular flexibility index (Phi) is 10.6. The fourth-order valence-electron chi connectivity index (χ4n) is 7.51. The predicted octanol–water partition coefficient (Wildman–Crippen LogP) is 12.3. The number of allylic oxidation sites excluding steroid dienone is 4. The number of nitrogens with zero attached hydrogens (tertiary/aromatic N) is 2. The van der Waals surface area contributed by atoms with Crippen molar-refractivity contribution in [3.05, 3.63) is 164 Å². The van der Waals surface area contributed by atoms with Crippen molar-refractivity contribution in [1.82, 2.24) is 0 Å². The number of aliphatic hydroxyl groups is 2. The predicted molar refractivity (Wildman–Crippen MR) is 224 cm³/mol. The number of aliphatic hydroxyl groups excluding tert-OH is 2. The van der Waals surface area contributed by atoms with E-state index >= 15 is 0 Å². The number of Topliss-reactive ketones (excluding diaryl/α,β-unsaturated/α-hetero) is 2. The second-order valence-corrected chi connectivity index (χ2v) is 14.1. The van der Waals surface area contributed by atoms with Crippen molar-refractivity contribution in [2.24, 2.45) is 9.98 Å². The first-order chi connectivity index (χ1) is 25.8. The molecule has 0 bridgehead atoms. The Labute approximate surface area is 316 Å². The van der Waals surface area contributed by atoms with E-state index < -0.39 is 0 Å². The molecule has 0 aliphatic rings. The van der Waals surface area contributed by atoms with Gasteiger partial charge in [-0.25, -0.2) is 0 Å². The first-order valence-corrected chi connectivity index (χ1v) is 17.9. The molecule has 0 saturated carbocycles. The van der Waals surface area contributed by atoms with Gasteiger partial charge < -0.3 is 10.2 Å². The number of benzene rings is 6. The summed E-state index contributed by atoms with van der Waals surface area (Å²) in [6.45, 7) is 14.5. The van der Waals surface area contributed by atoms with E-state index in [2.05, 4.69) is 0 Å². The Hall–Kier alpha value is -6.40. The molecular formula is C48H44N2O4. The lowest BCUT2D eigenvalue weighted by Crippen LogP contribution is -2.11. The lowest BCUT2D eigenvalue weighted by molar-refractivity contribution is 0.102. The van der Waals surface area contributed by atoms with Crippen molar-refractivity contribution in [3.63, 3.8) is 0 Å². The van der Waals surface area contributed by atoms with Crippen LogP contribution in [0.5, 0.6) is 0 Å². The minimum Gasteiger partial charge on any atom is -0.512 e. The topological polar surface area (TPSA) is 99.3 Å². The molecule has 270 valence electrons. The standard InChI is InChI=1S/C48H44N2O4/c1-27-21-29(3)43(30(4)22-27)47(53)39(33(7)51)25-49-41-19-17-35-13-9-11-15-37(35)45(41)46-38-16-12-10-14-36(38)18-20-42(46)50-26-40(34(8)52)48(54)44-31(5)23-28(2)24-32(44)6/h9-26,51-52H,1-8H3/b39-33+,40-34+,49-25?,50-26?. The summed E-state index contributed by atoms with van der Waals surface area (Å²) in [6.07, 6.45) is 2.89. The number of carbonyl (C=O) groups is 2. The molecule has 6 aromatic rings. The van der Waals surface area contributed by atoms with Crippen LogP contribution in [0, 0.1) is 41.5 Å². The highest BCUT2D eigenvalue weighted by atomic mass is 16.3. The molecule has 0 amide bonds. The molecule has 2 N–H and O–H groups in total. The van der Waals surface area contributed by atoms with Crippen molar-refractivity contribution in [2.75, 3.05) is 0 Å². The summed E-state index contributed by atoms with van der Waals surface area (Å²) >= 11 is 0. The SMILES string of the molecule is C/C(O)=C(/C=Nc1ccc2ccccc2c1-c1c(N=C/C(C(=O)c2c(C)cc(C)cc2C)=C(/C)O)ccc2ccccc12)C(=O)c1c(C)cc(C)cc1C. The smallest absolute Gasteiger partial charge is 0.198 e. The normalized spacial score (nSPS) is 12.8. The molecule has 54 heavy (non-hydrogen) atoms. The van der Waals surface area contributed by atoms with Crippen LogP contribution in [0.15, 0.2) is 130 Å². The van der Waals surface area contributed by atoms with E-state index in [1.54, 1.807) is 0 Å². The summed E-state index contributed by atoms with van der Waals surface area (Å²) in [5.41, 5.74) is 9.31. The van der Waals surface area contributed by atoms with Gasteiger partial charge in [-0.1, -0.05) is 96.1 Å². The molecule has 6 aromatic carbocycles. The Morgan fingerprint density at radius 1 is 0.500 bits per heavy atom. The molecule has 0 atom stereocenters. The lowest BCUT2D eigenvalue weighted by atomic mass is 9.90. The average Bonchev–Trinajstić information content (AvgIpc) is 3.10. The second-order valence-electron chi connectivity index (χ2n) is 14.1. The number of aryl methyl sites for hydroxylation is 6. The monoisotopic (exact) mass is 712 g/mol. The van der Waals surface area contributed by atoms with Gasteiger partial charge in [-0.2, -0.15) is 0 Å². The van der Waals surface area contributed by atoms with Crippen LogP contribution in [-0.4, -0.2) is 34.2 Å². The van der Waals surface area contributed by atoms with Gasteiger partial charge in [-0.05, 0) is 111 Å². The largest absolute Gasteiger partial charge is 0.512 e. The van der Waals surface area contributed by atoms with Crippen LogP contribution in [0.4, 0.5) is 11.4 Å². The molecule has 0 aliphatic heterocycles. The van der Waals surface area contributed by atoms with Crippen LogP contribution in [0.2, 0.25) is 0 Å². The zero-order valence-corrected chi connectivity index (χ0v) is 32.0. The van der Waals surface area contributed by atoms with Crippen LogP contribution < -0.4 is 0 Å². The second kappa shape index (κ2) is 15.3. The molecule has 0 aliphatic carbocycles. The number of aliphatic imine (C=N–C) groups is 2. The maximum Gasteiger partial charge on any atom is 0.198 e. The van der Waals surface area contributed by atoms with Crippen molar-refractivity contribution in [2.45, 2.75) is 55.4 Å². The molecule has 0 aromatic heterocycles. The van der Waals surface area contributed by atoms with Crippen LogP contribution in [0.3, 0.4) is 0 Å². The molecule has 0 unspecified atom stereocenters. The van der Waals surface area contributed by atoms with Gasteiger partial charge in [0.05, 0.1) is 22.5 Å². The van der Waals surface area contributed by atoms with E-state index in [9.17, 15) is 19.8 Å². The minimum atomic E-state index is -0.311. The zero-order valence-electron chi connectivity index (χ0n) is 32.0. The highest BCUT2D eigenvalue weighted by Crippen LogP contribution is 2.45. The average molecular weight is 713 g/mol. The first-order valence-electron chi connectivity index (χ1n) is 17.9. The molecule has 0 saturated heterocycles. The van der Waals surface area contributed by atoms with Crippen LogP contribution in [0.25, 0.3) is 32.7 Å². The summed E-state index contributed by atoms with van der Waals surface area (Å²) in [4.78, 5) is 37.8. The fraction of sp³-hybridized carbons (Fsp3) is 0.167. The molecule has 6 heteroatoms. The van der Waals surface area contributed by atoms with Crippen LogP contribution >= 0.6 is 0 Å². The Morgan fingerprint density at radius 2 is 0.833 bits per heavy atom. The fourth-order valence-corrected chi connectivity index (χ4v) is 7.51. The minimum absolute atomic E-state index is 0.0914. The first kappa shape index (κ1) is 37.4. The van der Waals surface area contributed by atoms with Gasteiger partial charge in [0.1, 0.15) is 11.5 Å². The molecule has 0 heterocycles. The molecular weight excluding hydrogens is 669 g/mol. The number of rotatable bonds is 9. The highest BCUT2D eigenvalue weighted by molar-refractivity contribution is 6.24. The van der Waals surface area contributed by atoms with Crippen molar-refractivity contribution in [1.29, 1.82) is 0 Å². The third-order valence-electron chi connectivity index (χ3n) is 9.81. The van der Waals surface area contributed by atoms with E-state index in [1.807, 2.05) is 139 Å². The van der Waals surface area contributed by atoms with Gasteiger partial charge in [0.25, 0.3) is 0 Å². The van der Waals surface area contributed by atoms with E-state index in [-0.39, 0.29) is 34.2 Å². The van der Waals surface area contributed by atoms with Gasteiger partial charge in [-0.15, -0.1) is 0 Å². The Morgan fingerprint density at radius 3 is 1.17 bits per heavy atom. The van der Waals surface area contributed by atoms with Gasteiger partial charge in [0.15, 0.2) is 11.6 Å². The summed E-state index contributed by atoms with van der Waals surface area (Å²) in [5, 5.41) is 25.4. The number of hydrogen-bond acceptors (Lipinski definition) is 6. The van der Waals surface area contributed by atoms with Crippen molar-refractivity contribution in [3.8, 4) is 11.1 Å². The number of carbonyl (C=O) groups excluding carboxylic acids is 2. The van der Waals surface area contributed by atoms with E-state index in [0.717, 1.165) is 66.1 Å². The number of fused-ring (bicyclic) bond motifs is 2. The quantitative estimate of drug-likeness (QED) is 0.0674. The lowest BCUT2D eigenvalue weighted by Gasteiger charge is -2.16. The third-order valence-corrected chi connectivity index (χ3v) is 9.81. The molecule has 0 spiro atoms. The molecule has 6 nitrogen and oxygen atoms in total. The molecule has 0 radical (unpaired) electrons.